The normalized spacial score (nSPS) is 10.4. The SMILES string of the molecule is COC(=O)c1ccc(NC(=O)CSc2nnc(-c3ccccc3OC)n2N)cc1. The lowest BCUT2D eigenvalue weighted by molar-refractivity contribution is -0.113. The van der Waals surface area contributed by atoms with Gasteiger partial charge in [-0.25, -0.2) is 9.47 Å². The number of thioether (sulfide) groups is 1. The molecular formula is C19H19N5O4S. The van der Waals surface area contributed by atoms with E-state index >= 15 is 0 Å². The molecule has 1 amide bonds. The number of rotatable bonds is 7. The Morgan fingerprint density at radius 1 is 1.10 bits per heavy atom. The summed E-state index contributed by atoms with van der Waals surface area (Å²) >= 11 is 1.15. The smallest absolute Gasteiger partial charge is 0.337 e. The molecule has 0 saturated heterocycles. The Morgan fingerprint density at radius 2 is 1.83 bits per heavy atom. The fourth-order valence-electron chi connectivity index (χ4n) is 2.52. The van der Waals surface area contributed by atoms with Gasteiger partial charge >= 0.3 is 5.97 Å². The van der Waals surface area contributed by atoms with Crippen molar-refractivity contribution in [2.24, 2.45) is 0 Å². The summed E-state index contributed by atoms with van der Waals surface area (Å²) in [4.78, 5) is 23.6. The number of esters is 1. The summed E-state index contributed by atoms with van der Waals surface area (Å²) in [5, 5.41) is 11.3. The third kappa shape index (κ3) is 4.66. The van der Waals surface area contributed by atoms with Crippen LogP contribution in [0, 0.1) is 0 Å². The molecule has 3 N–H and O–H groups in total. The summed E-state index contributed by atoms with van der Waals surface area (Å²) in [6, 6.07) is 13.7. The Labute approximate surface area is 171 Å². The number of nitrogens with zero attached hydrogens (tertiary/aromatic N) is 3. The van der Waals surface area contributed by atoms with Crippen LogP contribution in [-0.4, -0.2) is 46.7 Å². The minimum atomic E-state index is -0.438. The lowest BCUT2D eigenvalue weighted by Gasteiger charge is -2.08. The predicted octanol–water partition coefficient (Wildman–Crippen LogP) is 2.18. The molecule has 0 aliphatic carbocycles. The van der Waals surface area contributed by atoms with Gasteiger partial charge in [-0.3, -0.25) is 4.79 Å². The topological polar surface area (TPSA) is 121 Å². The third-order valence-corrected chi connectivity index (χ3v) is 4.88. The van der Waals surface area contributed by atoms with Crippen LogP contribution in [0.2, 0.25) is 0 Å². The quantitative estimate of drug-likeness (QED) is 0.343. The van der Waals surface area contributed by atoms with Gasteiger partial charge in [0.15, 0.2) is 5.82 Å². The summed E-state index contributed by atoms with van der Waals surface area (Å²) in [6.45, 7) is 0. The monoisotopic (exact) mass is 413 g/mol. The van der Waals surface area contributed by atoms with Crippen LogP contribution in [0.4, 0.5) is 5.69 Å². The van der Waals surface area contributed by atoms with Gasteiger partial charge in [-0.2, -0.15) is 0 Å². The minimum Gasteiger partial charge on any atom is -0.496 e. The molecule has 0 atom stereocenters. The lowest BCUT2D eigenvalue weighted by Crippen LogP contribution is -2.16. The molecule has 0 unspecified atom stereocenters. The largest absolute Gasteiger partial charge is 0.496 e. The van der Waals surface area contributed by atoms with E-state index in [2.05, 4.69) is 20.3 Å². The maximum atomic E-state index is 12.2. The zero-order valence-corrected chi connectivity index (χ0v) is 16.6. The number of aromatic nitrogens is 3. The molecular weight excluding hydrogens is 394 g/mol. The van der Waals surface area contributed by atoms with Crippen molar-refractivity contribution >= 4 is 29.3 Å². The molecule has 9 nitrogen and oxygen atoms in total. The van der Waals surface area contributed by atoms with Crippen LogP contribution in [0.15, 0.2) is 53.7 Å². The molecule has 0 aliphatic heterocycles. The van der Waals surface area contributed by atoms with E-state index in [1.165, 1.54) is 11.8 Å². The fraction of sp³-hybridized carbons (Fsp3) is 0.158. The van der Waals surface area contributed by atoms with Crippen LogP contribution in [-0.2, 0) is 9.53 Å². The zero-order valence-electron chi connectivity index (χ0n) is 15.8. The van der Waals surface area contributed by atoms with Gasteiger partial charge in [0.2, 0.25) is 11.1 Å². The molecule has 3 aromatic rings. The Hall–Kier alpha value is -3.53. The van der Waals surface area contributed by atoms with Gasteiger partial charge in [-0.15, -0.1) is 10.2 Å². The Bertz CT molecular complexity index is 1020. The predicted molar refractivity (Wildman–Crippen MR) is 109 cm³/mol. The first-order chi connectivity index (χ1) is 14.0. The highest BCUT2D eigenvalue weighted by Gasteiger charge is 2.16. The highest BCUT2D eigenvalue weighted by atomic mass is 32.2. The fourth-order valence-corrected chi connectivity index (χ4v) is 3.18. The molecule has 150 valence electrons. The van der Waals surface area contributed by atoms with E-state index in [1.54, 1.807) is 37.4 Å². The molecule has 3 rings (SSSR count). The van der Waals surface area contributed by atoms with Crippen molar-refractivity contribution in [1.82, 2.24) is 14.9 Å². The molecule has 0 aliphatic rings. The number of nitrogens with two attached hydrogens (primary N) is 1. The van der Waals surface area contributed by atoms with Crippen molar-refractivity contribution in [3.63, 3.8) is 0 Å². The first-order valence-corrected chi connectivity index (χ1v) is 9.47. The first kappa shape index (κ1) is 20.2. The highest BCUT2D eigenvalue weighted by Crippen LogP contribution is 2.29. The number of hydrogen-bond donors (Lipinski definition) is 2. The number of hydrogen-bond acceptors (Lipinski definition) is 8. The van der Waals surface area contributed by atoms with Gasteiger partial charge in [0.25, 0.3) is 0 Å². The van der Waals surface area contributed by atoms with E-state index in [0.29, 0.717) is 33.5 Å². The number of ether oxygens (including phenoxy) is 2. The maximum absolute atomic E-state index is 12.2. The van der Waals surface area contributed by atoms with Gasteiger partial charge < -0.3 is 20.6 Å². The average Bonchev–Trinajstić information content (AvgIpc) is 3.12. The van der Waals surface area contributed by atoms with Gasteiger partial charge in [0.1, 0.15) is 5.75 Å². The summed E-state index contributed by atoms with van der Waals surface area (Å²) in [6.07, 6.45) is 0. The van der Waals surface area contributed by atoms with E-state index < -0.39 is 5.97 Å². The second-order valence-corrected chi connectivity index (χ2v) is 6.72. The van der Waals surface area contributed by atoms with Gasteiger partial charge in [0.05, 0.1) is 31.1 Å². The standard InChI is InChI=1S/C19H19N5O4S/c1-27-15-6-4-3-5-14(15)17-22-23-19(24(17)20)29-11-16(25)21-13-9-7-12(8-10-13)18(26)28-2/h3-10H,11,20H2,1-2H3,(H,21,25). The number of carbonyl (C=O) groups excluding carboxylic acids is 2. The number of nitrogen functional groups attached to an aromatic ring is 1. The summed E-state index contributed by atoms with van der Waals surface area (Å²) in [5.74, 6) is 6.55. The number of nitrogens with one attached hydrogen (secondary N) is 1. The van der Waals surface area contributed by atoms with Crippen LogP contribution >= 0.6 is 11.8 Å². The van der Waals surface area contributed by atoms with Crippen LogP contribution in [0.1, 0.15) is 10.4 Å². The van der Waals surface area contributed by atoms with E-state index in [-0.39, 0.29) is 11.7 Å². The number of methoxy groups -OCH3 is 2. The van der Waals surface area contributed by atoms with Crippen molar-refractivity contribution in [3.8, 4) is 17.1 Å². The Kier molecular flexibility index (Phi) is 6.35. The van der Waals surface area contributed by atoms with Gasteiger partial charge in [0, 0.05) is 5.69 Å². The first-order valence-electron chi connectivity index (χ1n) is 8.48. The average molecular weight is 413 g/mol. The maximum Gasteiger partial charge on any atom is 0.337 e. The van der Waals surface area contributed by atoms with Crippen LogP contribution in [0.25, 0.3) is 11.4 Å². The number of anilines is 1. The zero-order chi connectivity index (χ0) is 20.8. The van der Waals surface area contributed by atoms with Crippen molar-refractivity contribution in [2.45, 2.75) is 5.16 Å². The van der Waals surface area contributed by atoms with E-state index in [4.69, 9.17) is 10.6 Å². The van der Waals surface area contributed by atoms with Gasteiger partial charge in [-0.05, 0) is 36.4 Å². The molecule has 1 heterocycles. The molecule has 29 heavy (non-hydrogen) atoms. The van der Waals surface area contributed by atoms with Crippen LogP contribution in [0.3, 0.4) is 0 Å². The summed E-state index contributed by atoms with van der Waals surface area (Å²) in [5.41, 5.74) is 1.67. The third-order valence-electron chi connectivity index (χ3n) is 3.93. The molecule has 1 aromatic heterocycles. The second kappa shape index (κ2) is 9.11. The summed E-state index contributed by atoms with van der Waals surface area (Å²) < 4.78 is 11.3. The molecule has 10 heteroatoms. The van der Waals surface area contributed by atoms with E-state index in [0.717, 1.165) is 11.8 Å². The Morgan fingerprint density at radius 3 is 2.52 bits per heavy atom. The van der Waals surface area contributed by atoms with E-state index in [1.807, 2.05) is 18.2 Å². The Balaban J connectivity index is 1.62. The van der Waals surface area contributed by atoms with Crippen molar-refractivity contribution < 1.29 is 19.1 Å². The molecule has 0 bridgehead atoms. The molecule has 2 aromatic carbocycles. The number of carbonyl (C=O) groups is 2. The van der Waals surface area contributed by atoms with Crippen LogP contribution < -0.4 is 15.9 Å². The molecule has 0 fully saturated rings. The minimum absolute atomic E-state index is 0.0833. The number of benzene rings is 2. The van der Waals surface area contributed by atoms with Gasteiger partial charge in [-0.1, -0.05) is 23.9 Å². The van der Waals surface area contributed by atoms with Crippen molar-refractivity contribution in [3.05, 3.63) is 54.1 Å². The number of amides is 1. The lowest BCUT2D eigenvalue weighted by atomic mass is 10.2. The van der Waals surface area contributed by atoms with E-state index in [9.17, 15) is 9.59 Å². The second-order valence-electron chi connectivity index (χ2n) is 5.78. The van der Waals surface area contributed by atoms with Crippen LogP contribution in [0.5, 0.6) is 5.75 Å². The number of para-hydroxylation sites is 1. The molecule has 0 radical (unpaired) electrons. The molecule has 0 saturated carbocycles. The summed E-state index contributed by atoms with van der Waals surface area (Å²) in [7, 11) is 2.87. The van der Waals surface area contributed by atoms with Crippen molar-refractivity contribution in [1.29, 1.82) is 0 Å². The molecule has 0 spiro atoms. The van der Waals surface area contributed by atoms with Crippen molar-refractivity contribution in [2.75, 3.05) is 31.1 Å². The highest BCUT2D eigenvalue weighted by molar-refractivity contribution is 7.99.